The Hall–Kier alpha value is -1.60. The van der Waals surface area contributed by atoms with E-state index in [1.54, 1.807) is 11.3 Å². The lowest BCUT2D eigenvalue weighted by Gasteiger charge is -2.20. The molecule has 1 aromatic carbocycles. The summed E-state index contributed by atoms with van der Waals surface area (Å²) < 4.78 is 1.94. The number of aliphatic carboxylic acids is 1. The summed E-state index contributed by atoms with van der Waals surface area (Å²) in [6, 6.07) is 7.18. The molecule has 1 amide bonds. The molecule has 1 aromatic heterocycles. The highest BCUT2D eigenvalue weighted by atomic mass is 32.2. The van der Waals surface area contributed by atoms with Crippen LogP contribution in [0.5, 0.6) is 0 Å². The molecule has 110 valence electrons. The van der Waals surface area contributed by atoms with Gasteiger partial charge in [-0.05, 0) is 25.0 Å². The average molecular weight is 322 g/mol. The highest BCUT2D eigenvalue weighted by Gasteiger charge is 2.33. The Bertz CT molecular complexity index is 653. The molecule has 1 aliphatic heterocycles. The highest BCUT2D eigenvalue weighted by Crippen LogP contribution is 2.30. The van der Waals surface area contributed by atoms with Crippen LogP contribution in [0.25, 0.3) is 10.2 Å². The molecule has 1 saturated heterocycles. The smallest absolute Gasteiger partial charge is 0.326 e. The predicted octanol–water partition coefficient (Wildman–Crippen LogP) is 2.46. The van der Waals surface area contributed by atoms with E-state index in [0.717, 1.165) is 21.0 Å². The van der Waals surface area contributed by atoms with Gasteiger partial charge in [0.1, 0.15) is 6.04 Å². The second-order valence-electron chi connectivity index (χ2n) is 4.82. The summed E-state index contributed by atoms with van der Waals surface area (Å²) in [6.45, 7) is 0.538. The van der Waals surface area contributed by atoms with Crippen molar-refractivity contribution in [3.05, 3.63) is 24.3 Å². The number of amides is 1. The zero-order chi connectivity index (χ0) is 14.8. The van der Waals surface area contributed by atoms with Gasteiger partial charge in [0.2, 0.25) is 5.91 Å². The van der Waals surface area contributed by atoms with Gasteiger partial charge < -0.3 is 10.0 Å². The molecule has 1 aliphatic rings. The molecule has 2 heterocycles. The molecule has 5 nitrogen and oxygen atoms in total. The number of aromatic nitrogens is 1. The standard InChI is InChI=1S/C14H14N2O3S2/c17-12(16-7-3-5-10(16)13(18)19)8-20-14-15-9-4-1-2-6-11(9)21-14/h1-2,4,6,10H,3,5,7-8H2,(H,18,19)/t10-/m0/s1. The quantitative estimate of drug-likeness (QED) is 0.876. The largest absolute Gasteiger partial charge is 0.480 e. The minimum absolute atomic E-state index is 0.121. The first-order valence-electron chi connectivity index (χ1n) is 6.66. The number of fused-ring (bicyclic) bond motifs is 1. The van der Waals surface area contributed by atoms with Crippen molar-refractivity contribution < 1.29 is 14.7 Å². The first kappa shape index (κ1) is 14.3. The fourth-order valence-corrected chi connectivity index (χ4v) is 4.40. The van der Waals surface area contributed by atoms with Crippen LogP contribution in [0.2, 0.25) is 0 Å². The Labute approximate surface area is 130 Å². The van der Waals surface area contributed by atoms with Gasteiger partial charge in [0, 0.05) is 6.54 Å². The van der Waals surface area contributed by atoms with Crippen LogP contribution in [-0.4, -0.2) is 45.2 Å². The van der Waals surface area contributed by atoms with Crippen LogP contribution in [0.1, 0.15) is 12.8 Å². The molecule has 21 heavy (non-hydrogen) atoms. The number of hydrogen-bond donors (Lipinski definition) is 1. The number of carboxylic acid groups (broad SMARTS) is 1. The van der Waals surface area contributed by atoms with Crippen LogP contribution in [0.4, 0.5) is 0 Å². The molecule has 1 N–H and O–H groups in total. The summed E-state index contributed by atoms with van der Waals surface area (Å²) in [5.74, 6) is -0.793. The molecule has 1 fully saturated rings. The minimum Gasteiger partial charge on any atom is -0.480 e. The van der Waals surface area contributed by atoms with E-state index >= 15 is 0 Å². The van der Waals surface area contributed by atoms with Gasteiger partial charge in [-0.25, -0.2) is 9.78 Å². The summed E-state index contributed by atoms with van der Waals surface area (Å²) in [5.41, 5.74) is 0.932. The summed E-state index contributed by atoms with van der Waals surface area (Å²) >= 11 is 2.93. The van der Waals surface area contributed by atoms with Crippen molar-refractivity contribution in [2.24, 2.45) is 0 Å². The first-order valence-corrected chi connectivity index (χ1v) is 8.46. The summed E-state index contributed by atoms with van der Waals surface area (Å²) in [6.07, 6.45) is 1.31. The monoisotopic (exact) mass is 322 g/mol. The van der Waals surface area contributed by atoms with Gasteiger partial charge in [0.25, 0.3) is 0 Å². The number of carboxylic acids is 1. The van der Waals surface area contributed by atoms with Crippen molar-refractivity contribution in [1.82, 2.24) is 9.88 Å². The van der Waals surface area contributed by atoms with Gasteiger partial charge in [0.05, 0.1) is 16.0 Å². The predicted molar refractivity (Wildman–Crippen MR) is 82.7 cm³/mol. The van der Waals surface area contributed by atoms with Gasteiger partial charge in [-0.3, -0.25) is 4.79 Å². The third kappa shape index (κ3) is 3.03. The maximum Gasteiger partial charge on any atom is 0.326 e. The third-order valence-electron chi connectivity index (χ3n) is 3.45. The minimum atomic E-state index is -0.911. The van der Waals surface area contributed by atoms with Crippen molar-refractivity contribution in [2.75, 3.05) is 12.3 Å². The summed E-state index contributed by atoms with van der Waals surface area (Å²) in [5, 5.41) is 9.10. The normalized spacial score (nSPS) is 18.3. The Kier molecular flexibility index (Phi) is 4.12. The van der Waals surface area contributed by atoms with Crippen LogP contribution in [0.15, 0.2) is 28.6 Å². The molecule has 0 aliphatic carbocycles. The van der Waals surface area contributed by atoms with Gasteiger partial charge in [-0.1, -0.05) is 23.9 Å². The highest BCUT2D eigenvalue weighted by molar-refractivity contribution is 8.01. The lowest BCUT2D eigenvalue weighted by molar-refractivity contribution is -0.147. The lowest BCUT2D eigenvalue weighted by Crippen LogP contribution is -2.41. The number of para-hydroxylation sites is 1. The number of likely N-dealkylation sites (tertiary alicyclic amines) is 1. The SMILES string of the molecule is O=C(O)[C@@H]1CCCN1C(=O)CSc1nc2ccccc2s1. The number of rotatable bonds is 4. The lowest BCUT2D eigenvalue weighted by atomic mass is 10.2. The molecular weight excluding hydrogens is 308 g/mol. The van der Waals surface area contributed by atoms with E-state index < -0.39 is 12.0 Å². The molecule has 1 atom stereocenters. The second kappa shape index (κ2) is 6.03. The van der Waals surface area contributed by atoms with Crippen molar-refractivity contribution >= 4 is 45.2 Å². The van der Waals surface area contributed by atoms with Gasteiger partial charge in [-0.2, -0.15) is 0 Å². The number of nitrogens with zero attached hydrogens (tertiary/aromatic N) is 2. The van der Waals surface area contributed by atoms with Crippen LogP contribution in [-0.2, 0) is 9.59 Å². The molecule has 2 aromatic rings. The van der Waals surface area contributed by atoms with Crippen LogP contribution >= 0.6 is 23.1 Å². The van der Waals surface area contributed by atoms with E-state index in [1.165, 1.54) is 16.7 Å². The number of benzene rings is 1. The molecule has 7 heteroatoms. The fraction of sp³-hybridized carbons (Fsp3) is 0.357. The number of hydrogen-bond acceptors (Lipinski definition) is 5. The van der Waals surface area contributed by atoms with Crippen LogP contribution in [0.3, 0.4) is 0 Å². The van der Waals surface area contributed by atoms with Gasteiger partial charge in [-0.15, -0.1) is 11.3 Å². The average Bonchev–Trinajstić information content (AvgIpc) is 3.10. The summed E-state index contributed by atoms with van der Waals surface area (Å²) in [4.78, 5) is 29.2. The summed E-state index contributed by atoms with van der Waals surface area (Å²) in [7, 11) is 0. The van der Waals surface area contributed by atoms with E-state index in [2.05, 4.69) is 4.98 Å². The Morgan fingerprint density at radius 3 is 3.00 bits per heavy atom. The number of carbonyl (C=O) groups is 2. The molecule has 3 rings (SSSR count). The van der Waals surface area contributed by atoms with Crippen LogP contribution in [0, 0.1) is 0 Å². The van der Waals surface area contributed by atoms with Crippen LogP contribution < -0.4 is 0 Å². The van der Waals surface area contributed by atoms with E-state index in [0.29, 0.717) is 13.0 Å². The first-order chi connectivity index (χ1) is 10.1. The molecule has 0 spiro atoms. The third-order valence-corrected chi connectivity index (χ3v) is 5.62. The van der Waals surface area contributed by atoms with Crippen molar-refractivity contribution in [3.63, 3.8) is 0 Å². The van der Waals surface area contributed by atoms with Crippen molar-refractivity contribution in [1.29, 1.82) is 0 Å². The number of thioether (sulfide) groups is 1. The number of thiazole rings is 1. The Morgan fingerprint density at radius 2 is 2.24 bits per heavy atom. The topological polar surface area (TPSA) is 70.5 Å². The van der Waals surface area contributed by atoms with E-state index in [4.69, 9.17) is 5.11 Å². The fourth-order valence-electron chi connectivity index (χ4n) is 2.44. The van der Waals surface area contributed by atoms with E-state index in [1.807, 2.05) is 24.3 Å². The van der Waals surface area contributed by atoms with Crippen molar-refractivity contribution in [2.45, 2.75) is 23.2 Å². The Balaban J connectivity index is 1.64. The van der Waals surface area contributed by atoms with Crippen molar-refractivity contribution in [3.8, 4) is 0 Å². The molecule has 0 bridgehead atoms. The van der Waals surface area contributed by atoms with E-state index in [-0.39, 0.29) is 11.7 Å². The molecule has 0 unspecified atom stereocenters. The maximum absolute atomic E-state index is 12.2. The number of carbonyl (C=O) groups excluding carboxylic acids is 1. The van der Waals surface area contributed by atoms with Gasteiger partial charge >= 0.3 is 5.97 Å². The zero-order valence-electron chi connectivity index (χ0n) is 11.2. The Morgan fingerprint density at radius 1 is 1.43 bits per heavy atom. The van der Waals surface area contributed by atoms with Gasteiger partial charge in [0.15, 0.2) is 4.34 Å². The molecular formula is C14H14N2O3S2. The molecule has 0 saturated carbocycles. The van der Waals surface area contributed by atoms with E-state index in [9.17, 15) is 9.59 Å². The zero-order valence-corrected chi connectivity index (χ0v) is 12.8. The second-order valence-corrected chi connectivity index (χ2v) is 7.07. The molecule has 0 radical (unpaired) electrons. The maximum atomic E-state index is 12.2.